The third kappa shape index (κ3) is 5.08. The first-order valence-corrected chi connectivity index (χ1v) is 9.15. The molecule has 0 radical (unpaired) electrons. The molecule has 2 aromatic rings. The summed E-state index contributed by atoms with van der Waals surface area (Å²) >= 11 is 0. The summed E-state index contributed by atoms with van der Waals surface area (Å²) in [5.41, 5.74) is -0.752. The van der Waals surface area contributed by atoms with Crippen molar-refractivity contribution in [2.24, 2.45) is 7.05 Å². The topological polar surface area (TPSA) is 104 Å². The van der Waals surface area contributed by atoms with Gasteiger partial charge in [-0.15, -0.1) is 0 Å². The van der Waals surface area contributed by atoms with Crippen LogP contribution in [0.4, 0.5) is 23.2 Å². The monoisotopic (exact) mass is 418 g/mol. The molecule has 28 heavy (non-hydrogen) atoms. The predicted molar refractivity (Wildman–Crippen MR) is 90.3 cm³/mol. The molecule has 0 fully saturated rings. The zero-order valence-electron chi connectivity index (χ0n) is 14.3. The third-order valence-electron chi connectivity index (χ3n) is 3.59. The van der Waals surface area contributed by atoms with Crippen molar-refractivity contribution >= 4 is 21.6 Å². The molecule has 0 aliphatic carbocycles. The van der Waals surface area contributed by atoms with E-state index in [9.17, 15) is 30.8 Å². The number of halogens is 4. The highest BCUT2D eigenvalue weighted by atomic mass is 32.2. The van der Waals surface area contributed by atoms with E-state index in [2.05, 4.69) is 5.32 Å². The summed E-state index contributed by atoms with van der Waals surface area (Å²) in [4.78, 5) is 11.9. The standard InChI is InChI=1S/C16H14F4N4O3S/c1-24-9-11(28(26,27)22-6-5-16(18,19)20)7-13(24)15(25)23-12-4-2-3-10(8-21)14(12)17/h2-4,7,9,22H,5-6H2,1H3,(H,23,25). The van der Waals surface area contributed by atoms with Crippen LogP contribution in [0.1, 0.15) is 22.5 Å². The minimum atomic E-state index is -4.52. The first-order chi connectivity index (χ1) is 12.9. The van der Waals surface area contributed by atoms with Crippen molar-refractivity contribution < 1.29 is 30.8 Å². The van der Waals surface area contributed by atoms with Gasteiger partial charge in [-0.05, 0) is 18.2 Å². The molecular weight excluding hydrogens is 404 g/mol. The fraction of sp³-hybridized carbons (Fsp3) is 0.250. The second-order valence-electron chi connectivity index (χ2n) is 5.67. The Bertz CT molecular complexity index is 1040. The molecule has 2 rings (SSSR count). The molecule has 2 N–H and O–H groups in total. The maximum absolute atomic E-state index is 14.0. The largest absolute Gasteiger partial charge is 0.390 e. The smallest absolute Gasteiger partial charge is 0.345 e. The van der Waals surface area contributed by atoms with Gasteiger partial charge in [-0.25, -0.2) is 17.5 Å². The van der Waals surface area contributed by atoms with E-state index < -0.39 is 45.8 Å². The summed E-state index contributed by atoms with van der Waals surface area (Å²) in [5.74, 6) is -1.82. The van der Waals surface area contributed by atoms with Gasteiger partial charge < -0.3 is 9.88 Å². The van der Waals surface area contributed by atoms with Gasteiger partial charge in [0.05, 0.1) is 17.7 Å². The third-order valence-corrected chi connectivity index (χ3v) is 5.02. The second-order valence-corrected chi connectivity index (χ2v) is 7.43. The van der Waals surface area contributed by atoms with Gasteiger partial charge in [0.25, 0.3) is 5.91 Å². The quantitative estimate of drug-likeness (QED) is 0.704. The molecule has 0 aliphatic heterocycles. The molecule has 0 atom stereocenters. The minimum absolute atomic E-state index is 0.182. The highest BCUT2D eigenvalue weighted by Crippen LogP contribution is 2.21. The summed E-state index contributed by atoms with van der Waals surface area (Å²) in [6.45, 7) is -0.853. The SMILES string of the molecule is Cn1cc(S(=O)(=O)NCCC(F)(F)F)cc1C(=O)Nc1cccc(C#N)c1F. The van der Waals surface area contributed by atoms with E-state index in [0.29, 0.717) is 0 Å². The lowest BCUT2D eigenvalue weighted by molar-refractivity contribution is -0.132. The number of nitriles is 1. The summed E-state index contributed by atoms with van der Waals surface area (Å²) in [6, 6.07) is 6.34. The molecule has 1 amide bonds. The number of alkyl halides is 3. The molecule has 7 nitrogen and oxygen atoms in total. The molecule has 0 bridgehead atoms. The van der Waals surface area contributed by atoms with Crippen LogP contribution in [-0.2, 0) is 17.1 Å². The molecule has 0 spiro atoms. The number of nitrogens with zero attached hydrogens (tertiary/aromatic N) is 2. The molecule has 150 valence electrons. The minimum Gasteiger partial charge on any atom is -0.345 e. The highest BCUT2D eigenvalue weighted by Gasteiger charge is 2.28. The van der Waals surface area contributed by atoms with Crippen LogP contribution in [0.25, 0.3) is 0 Å². The summed E-state index contributed by atoms with van der Waals surface area (Å²) in [5, 5.41) is 11.0. The van der Waals surface area contributed by atoms with Gasteiger partial charge in [-0.1, -0.05) is 6.07 Å². The predicted octanol–water partition coefficient (Wildman–Crippen LogP) is 2.52. The van der Waals surface area contributed by atoms with E-state index in [-0.39, 0.29) is 16.9 Å². The number of aromatic nitrogens is 1. The van der Waals surface area contributed by atoms with E-state index in [1.807, 2.05) is 0 Å². The number of anilines is 1. The zero-order chi connectivity index (χ0) is 21.1. The molecule has 1 aromatic heterocycles. The fourth-order valence-electron chi connectivity index (χ4n) is 2.22. The molecule has 0 saturated carbocycles. The number of nitrogens with one attached hydrogen (secondary N) is 2. The van der Waals surface area contributed by atoms with Crippen molar-refractivity contribution in [3.8, 4) is 6.07 Å². The Kier molecular flexibility index (Phi) is 6.10. The number of sulfonamides is 1. The maximum Gasteiger partial charge on any atom is 0.390 e. The van der Waals surface area contributed by atoms with Gasteiger partial charge in [-0.3, -0.25) is 4.79 Å². The maximum atomic E-state index is 14.0. The van der Waals surface area contributed by atoms with Crippen LogP contribution >= 0.6 is 0 Å². The number of carbonyl (C=O) groups is 1. The second kappa shape index (κ2) is 7.99. The average molecular weight is 418 g/mol. The van der Waals surface area contributed by atoms with Crippen molar-refractivity contribution in [1.82, 2.24) is 9.29 Å². The summed E-state index contributed by atoms with van der Waals surface area (Å²) < 4.78 is 77.6. The molecule has 12 heteroatoms. The van der Waals surface area contributed by atoms with Crippen molar-refractivity contribution in [2.75, 3.05) is 11.9 Å². The van der Waals surface area contributed by atoms with E-state index in [1.165, 1.54) is 25.2 Å². The van der Waals surface area contributed by atoms with E-state index in [4.69, 9.17) is 5.26 Å². The molecule has 1 heterocycles. The van der Waals surface area contributed by atoms with Crippen molar-refractivity contribution in [3.63, 3.8) is 0 Å². The Morgan fingerprint density at radius 1 is 1.32 bits per heavy atom. The van der Waals surface area contributed by atoms with Crippen molar-refractivity contribution in [2.45, 2.75) is 17.5 Å². The van der Waals surface area contributed by atoms with Crippen LogP contribution in [0.2, 0.25) is 0 Å². The number of hydrogen-bond acceptors (Lipinski definition) is 4. The van der Waals surface area contributed by atoms with Crippen LogP contribution in [0.15, 0.2) is 35.4 Å². The number of benzene rings is 1. The van der Waals surface area contributed by atoms with Gasteiger partial charge in [0.2, 0.25) is 10.0 Å². The van der Waals surface area contributed by atoms with Gasteiger partial charge >= 0.3 is 6.18 Å². The van der Waals surface area contributed by atoms with E-state index in [1.54, 1.807) is 10.8 Å². The lowest BCUT2D eigenvalue weighted by Crippen LogP contribution is -2.27. The van der Waals surface area contributed by atoms with E-state index in [0.717, 1.165) is 16.8 Å². The lowest BCUT2D eigenvalue weighted by Gasteiger charge is -2.07. The first kappa shape index (κ1) is 21.4. The van der Waals surface area contributed by atoms with Crippen LogP contribution in [0.5, 0.6) is 0 Å². The number of amides is 1. The Labute approximate surface area is 157 Å². The van der Waals surface area contributed by atoms with Gasteiger partial charge in [-0.2, -0.15) is 18.4 Å². The fourth-order valence-corrected chi connectivity index (χ4v) is 3.32. The summed E-state index contributed by atoms with van der Waals surface area (Å²) in [6.07, 6.45) is -4.83. The Hall–Kier alpha value is -2.91. The van der Waals surface area contributed by atoms with Gasteiger partial charge in [0, 0.05) is 19.8 Å². The highest BCUT2D eigenvalue weighted by molar-refractivity contribution is 7.89. The molecule has 0 unspecified atom stereocenters. The van der Waals surface area contributed by atoms with Gasteiger partial charge in [0.15, 0.2) is 5.82 Å². The molecule has 0 saturated heterocycles. The Morgan fingerprint density at radius 2 is 2.00 bits per heavy atom. The number of hydrogen-bond donors (Lipinski definition) is 2. The van der Waals surface area contributed by atoms with Crippen molar-refractivity contribution in [3.05, 3.63) is 47.5 Å². The zero-order valence-corrected chi connectivity index (χ0v) is 15.2. The lowest BCUT2D eigenvalue weighted by atomic mass is 10.2. The molecular formula is C16H14F4N4O3S. The first-order valence-electron chi connectivity index (χ1n) is 7.67. The molecule has 1 aromatic carbocycles. The van der Waals surface area contributed by atoms with Crippen LogP contribution < -0.4 is 10.0 Å². The Morgan fingerprint density at radius 3 is 2.61 bits per heavy atom. The van der Waals surface area contributed by atoms with E-state index >= 15 is 0 Å². The van der Waals surface area contributed by atoms with Crippen LogP contribution in [0, 0.1) is 17.1 Å². The normalized spacial score (nSPS) is 11.9. The number of aryl methyl sites for hydroxylation is 1. The number of carbonyl (C=O) groups excluding carboxylic acids is 1. The Balaban J connectivity index is 2.19. The summed E-state index contributed by atoms with van der Waals surface area (Å²) in [7, 11) is -2.94. The van der Waals surface area contributed by atoms with Crippen LogP contribution in [-0.4, -0.2) is 31.6 Å². The van der Waals surface area contributed by atoms with Crippen LogP contribution in [0.3, 0.4) is 0 Å². The number of rotatable bonds is 6. The average Bonchev–Trinajstić information content (AvgIpc) is 2.98. The molecule has 0 aliphatic rings. The van der Waals surface area contributed by atoms with Crippen molar-refractivity contribution in [1.29, 1.82) is 5.26 Å². The van der Waals surface area contributed by atoms with Gasteiger partial charge in [0.1, 0.15) is 16.7 Å².